The first-order valence-corrected chi connectivity index (χ1v) is 6.97. The summed E-state index contributed by atoms with van der Waals surface area (Å²) in [6, 6.07) is 2.65. The molecule has 0 aromatic carbocycles. The molecule has 4 nitrogen and oxygen atoms in total. The van der Waals surface area contributed by atoms with Crippen LogP contribution in [-0.4, -0.2) is 27.7 Å². The van der Waals surface area contributed by atoms with Crippen LogP contribution in [0.5, 0.6) is 0 Å². The molecule has 1 aromatic rings. The summed E-state index contributed by atoms with van der Waals surface area (Å²) in [5, 5.41) is 8.82. The molecule has 0 unspecified atom stereocenters. The average Bonchev–Trinajstić information content (AvgIpc) is 2.30. The van der Waals surface area contributed by atoms with Crippen molar-refractivity contribution in [2.75, 3.05) is 12.0 Å². The normalized spacial score (nSPS) is 10.4. The lowest BCUT2D eigenvalue weighted by Crippen LogP contribution is -2.20. The first-order chi connectivity index (χ1) is 8.15. The fourth-order valence-electron chi connectivity index (χ4n) is 1.54. The number of rotatable bonds is 7. The molecular formula is C12H17NO3S. The van der Waals surface area contributed by atoms with E-state index in [0.29, 0.717) is 6.54 Å². The number of hydrogen-bond donors (Lipinski definition) is 1. The number of aromatic carboxylic acids is 1. The van der Waals surface area contributed by atoms with Crippen LogP contribution < -0.4 is 5.56 Å². The van der Waals surface area contributed by atoms with Gasteiger partial charge in [0.25, 0.3) is 5.56 Å². The third kappa shape index (κ3) is 4.65. The Hall–Kier alpha value is -1.23. The lowest BCUT2D eigenvalue weighted by Gasteiger charge is -2.06. The maximum atomic E-state index is 11.5. The Morgan fingerprint density at radius 3 is 2.76 bits per heavy atom. The molecule has 0 aliphatic rings. The number of pyridine rings is 1. The van der Waals surface area contributed by atoms with E-state index in [1.54, 1.807) is 0 Å². The molecule has 1 N–H and O–H groups in total. The smallest absolute Gasteiger partial charge is 0.337 e. The van der Waals surface area contributed by atoms with Gasteiger partial charge in [-0.25, -0.2) is 4.79 Å². The fourth-order valence-corrected chi connectivity index (χ4v) is 2.03. The van der Waals surface area contributed by atoms with Crippen molar-refractivity contribution < 1.29 is 9.90 Å². The van der Waals surface area contributed by atoms with Crippen LogP contribution in [0.25, 0.3) is 0 Å². The highest BCUT2D eigenvalue weighted by Gasteiger charge is 2.04. The van der Waals surface area contributed by atoms with Crippen molar-refractivity contribution in [1.29, 1.82) is 0 Å². The number of carboxylic acid groups (broad SMARTS) is 1. The van der Waals surface area contributed by atoms with E-state index in [9.17, 15) is 9.59 Å². The van der Waals surface area contributed by atoms with Crippen LogP contribution in [0.3, 0.4) is 0 Å². The number of carbonyl (C=O) groups is 1. The molecule has 17 heavy (non-hydrogen) atoms. The van der Waals surface area contributed by atoms with Crippen LogP contribution in [0.2, 0.25) is 0 Å². The highest BCUT2D eigenvalue weighted by atomic mass is 32.2. The van der Waals surface area contributed by atoms with Crippen molar-refractivity contribution in [2.24, 2.45) is 0 Å². The molecule has 5 heteroatoms. The van der Waals surface area contributed by atoms with Crippen LogP contribution >= 0.6 is 11.8 Å². The van der Waals surface area contributed by atoms with E-state index >= 15 is 0 Å². The van der Waals surface area contributed by atoms with E-state index in [4.69, 9.17) is 5.11 Å². The summed E-state index contributed by atoms with van der Waals surface area (Å²) >= 11 is 1.81. The Morgan fingerprint density at radius 1 is 1.35 bits per heavy atom. The van der Waals surface area contributed by atoms with Crippen molar-refractivity contribution in [3.8, 4) is 0 Å². The zero-order chi connectivity index (χ0) is 12.7. The van der Waals surface area contributed by atoms with Gasteiger partial charge < -0.3 is 9.67 Å². The number of unbranched alkanes of at least 4 members (excludes halogenated alkanes) is 2. The number of carboxylic acids is 1. The Bertz CT molecular complexity index is 428. The van der Waals surface area contributed by atoms with Crippen molar-refractivity contribution in [2.45, 2.75) is 25.8 Å². The molecule has 0 atom stereocenters. The molecule has 0 bridgehead atoms. The highest BCUT2D eigenvalue weighted by Crippen LogP contribution is 2.04. The summed E-state index contributed by atoms with van der Waals surface area (Å²) in [7, 11) is 0. The van der Waals surface area contributed by atoms with Gasteiger partial charge in [0, 0.05) is 18.8 Å². The Labute approximate surface area is 105 Å². The topological polar surface area (TPSA) is 59.3 Å². The van der Waals surface area contributed by atoms with Gasteiger partial charge >= 0.3 is 5.97 Å². The zero-order valence-corrected chi connectivity index (χ0v) is 10.7. The predicted octanol–water partition coefficient (Wildman–Crippen LogP) is 2.08. The van der Waals surface area contributed by atoms with E-state index in [1.165, 1.54) is 22.9 Å². The van der Waals surface area contributed by atoms with Crippen molar-refractivity contribution in [3.05, 3.63) is 34.2 Å². The predicted molar refractivity (Wildman–Crippen MR) is 69.9 cm³/mol. The van der Waals surface area contributed by atoms with E-state index in [2.05, 4.69) is 6.26 Å². The van der Waals surface area contributed by atoms with Crippen molar-refractivity contribution in [1.82, 2.24) is 4.57 Å². The molecule has 0 aliphatic carbocycles. The fraction of sp³-hybridized carbons (Fsp3) is 0.500. The second-order valence-electron chi connectivity index (χ2n) is 3.81. The molecule has 94 valence electrons. The Kier molecular flexibility index (Phi) is 5.83. The minimum absolute atomic E-state index is 0.139. The monoisotopic (exact) mass is 255 g/mol. The standard InChI is InChI=1S/C12H17NO3S/c1-17-8-4-2-3-7-13-9-10(12(15)16)5-6-11(13)14/h5-6,9H,2-4,7-8H2,1H3,(H,15,16). The minimum Gasteiger partial charge on any atom is -0.478 e. The zero-order valence-electron chi connectivity index (χ0n) is 9.89. The molecule has 0 saturated heterocycles. The third-order valence-corrected chi connectivity index (χ3v) is 3.17. The largest absolute Gasteiger partial charge is 0.478 e. The lowest BCUT2D eigenvalue weighted by atomic mass is 10.2. The van der Waals surface area contributed by atoms with Gasteiger partial charge in [0.15, 0.2) is 0 Å². The van der Waals surface area contributed by atoms with Gasteiger partial charge in [-0.1, -0.05) is 6.42 Å². The van der Waals surface area contributed by atoms with Gasteiger partial charge in [0.05, 0.1) is 5.56 Å². The van der Waals surface area contributed by atoms with Crippen molar-refractivity contribution in [3.63, 3.8) is 0 Å². The molecule has 0 saturated carbocycles. The third-order valence-electron chi connectivity index (χ3n) is 2.48. The van der Waals surface area contributed by atoms with Crippen LogP contribution in [0.1, 0.15) is 29.6 Å². The summed E-state index contributed by atoms with van der Waals surface area (Å²) in [6.07, 6.45) is 6.59. The summed E-state index contributed by atoms with van der Waals surface area (Å²) in [5.41, 5.74) is 0.0218. The van der Waals surface area contributed by atoms with Crippen LogP contribution in [-0.2, 0) is 6.54 Å². The van der Waals surface area contributed by atoms with Crippen LogP contribution in [0, 0.1) is 0 Å². The molecule has 1 rings (SSSR count). The number of aromatic nitrogens is 1. The number of aryl methyl sites for hydroxylation is 1. The summed E-state index contributed by atoms with van der Waals surface area (Å²) in [6.45, 7) is 0.592. The number of thioether (sulfide) groups is 1. The second-order valence-corrected chi connectivity index (χ2v) is 4.79. The van der Waals surface area contributed by atoms with E-state index in [-0.39, 0.29) is 11.1 Å². The first kappa shape index (κ1) is 13.8. The Morgan fingerprint density at radius 2 is 2.12 bits per heavy atom. The molecule has 0 aliphatic heterocycles. The van der Waals surface area contributed by atoms with Gasteiger partial charge in [0.2, 0.25) is 0 Å². The molecular weight excluding hydrogens is 238 g/mol. The van der Waals surface area contributed by atoms with Gasteiger partial charge in [-0.2, -0.15) is 11.8 Å². The number of hydrogen-bond acceptors (Lipinski definition) is 3. The quantitative estimate of drug-likeness (QED) is 0.758. The molecule has 0 radical (unpaired) electrons. The van der Waals surface area contributed by atoms with Gasteiger partial charge in [0.1, 0.15) is 0 Å². The maximum absolute atomic E-state index is 11.5. The SMILES string of the molecule is CSCCCCCn1cc(C(=O)O)ccc1=O. The summed E-state index contributed by atoms with van der Waals surface area (Å²) in [5.74, 6) is 0.130. The average molecular weight is 255 g/mol. The number of nitrogens with zero attached hydrogens (tertiary/aromatic N) is 1. The van der Waals surface area contributed by atoms with Crippen LogP contribution in [0.15, 0.2) is 23.1 Å². The summed E-state index contributed by atoms with van der Waals surface area (Å²) < 4.78 is 1.47. The summed E-state index contributed by atoms with van der Waals surface area (Å²) in [4.78, 5) is 22.2. The van der Waals surface area contributed by atoms with Gasteiger partial charge in [-0.05, 0) is 30.9 Å². The van der Waals surface area contributed by atoms with E-state index < -0.39 is 5.97 Å². The lowest BCUT2D eigenvalue weighted by molar-refractivity contribution is 0.0696. The highest BCUT2D eigenvalue weighted by molar-refractivity contribution is 7.98. The van der Waals surface area contributed by atoms with Crippen LogP contribution in [0.4, 0.5) is 0 Å². The van der Waals surface area contributed by atoms with Gasteiger partial charge in [-0.15, -0.1) is 0 Å². The molecule has 1 heterocycles. The molecule has 1 aromatic heterocycles. The first-order valence-electron chi connectivity index (χ1n) is 5.58. The molecule has 0 amide bonds. The Balaban J connectivity index is 2.55. The van der Waals surface area contributed by atoms with Crippen molar-refractivity contribution >= 4 is 17.7 Å². The minimum atomic E-state index is -0.999. The van der Waals surface area contributed by atoms with Gasteiger partial charge in [-0.3, -0.25) is 4.79 Å². The second kappa shape index (κ2) is 7.17. The molecule has 0 spiro atoms. The molecule has 0 fully saturated rings. The maximum Gasteiger partial charge on any atom is 0.337 e. The van der Waals surface area contributed by atoms with E-state index in [1.807, 2.05) is 11.8 Å². The van der Waals surface area contributed by atoms with E-state index in [0.717, 1.165) is 25.0 Å².